The van der Waals surface area contributed by atoms with Crippen molar-refractivity contribution in [1.29, 1.82) is 0 Å². The molecule has 3 heterocycles. The van der Waals surface area contributed by atoms with Crippen LogP contribution in [-0.2, 0) is 24.9 Å². The molecule has 0 radical (unpaired) electrons. The van der Waals surface area contributed by atoms with Gasteiger partial charge in [0.1, 0.15) is 6.61 Å². The van der Waals surface area contributed by atoms with Crippen LogP contribution < -0.4 is 70.6 Å². The average molecular weight is 697 g/mol. The van der Waals surface area contributed by atoms with E-state index in [4.69, 9.17) is 13.6 Å². The Kier molecular flexibility index (Phi) is 16.6. The maximum Gasteiger partial charge on any atom is 1.00 e. The Hall–Kier alpha value is -0.364. The second-order valence-electron chi connectivity index (χ2n) is 11.8. The van der Waals surface area contributed by atoms with Crippen LogP contribution in [-0.4, -0.2) is 27.8 Å². The first-order valence-corrected chi connectivity index (χ1v) is 18.5. The minimum Gasteiger partial charge on any atom is -0.769 e. The Morgan fingerprint density at radius 2 is 1.51 bits per heavy atom. The minimum absolute atomic E-state index is 0. The molecule has 0 aliphatic carbocycles. The summed E-state index contributed by atoms with van der Waals surface area (Å²) in [5.41, 5.74) is 3.42. The molecule has 3 aromatic rings. The molecule has 0 spiro atoms. The van der Waals surface area contributed by atoms with Crippen LogP contribution in [0.3, 0.4) is 0 Å². The zero-order chi connectivity index (χ0) is 31.8. The van der Waals surface area contributed by atoms with Gasteiger partial charge in [-0.3, -0.25) is 18.9 Å². The maximum absolute atomic E-state index is 13.4. The van der Waals surface area contributed by atoms with E-state index in [1.54, 1.807) is 53.9 Å². The van der Waals surface area contributed by atoms with E-state index in [0.29, 0.717) is 15.8 Å². The number of nitrogens with zero attached hydrogens (tertiary/aromatic N) is 1. The zero-order valence-corrected chi connectivity index (χ0v) is 33.4. The van der Waals surface area contributed by atoms with E-state index in [1.807, 2.05) is 42.8 Å². The molecule has 0 saturated carbocycles. The summed E-state index contributed by atoms with van der Waals surface area (Å²) >= 11 is 2.65. The van der Waals surface area contributed by atoms with Crippen LogP contribution in [0.15, 0.2) is 41.4 Å². The Morgan fingerprint density at radius 1 is 0.953 bits per heavy atom. The number of hydrogen-bond donors (Lipinski definition) is 1. The molecule has 2 unspecified atom stereocenters. The van der Waals surface area contributed by atoms with Crippen molar-refractivity contribution in [3.05, 3.63) is 58.0 Å². The fourth-order valence-electron chi connectivity index (χ4n) is 3.07. The van der Waals surface area contributed by atoms with Gasteiger partial charge in [0, 0.05) is 22.5 Å². The summed E-state index contributed by atoms with van der Waals surface area (Å²) < 4.78 is 41.5. The number of carbonyl (C=O) groups excluding carboxylic acids is 1. The molecular formula is C29H43KN2O7P2S2. The summed E-state index contributed by atoms with van der Waals surface area (Å²) in [6, 6.07) is 5.62. The molecule has 14 heteroatoms. The van der Waals surface area contributed by atoms with Crippen molar-refractivity contribution < 1.29 is 83.8 Å². The molecule has 1 amide bonds. The molecule has 234 valence electrons. The van der Waals surface area contributed by atoms with Gasteiger partial charge in [-0.2, -0.15) is 0 Å². The van der Waals surface area contributed by atoms with Gasteiger partial charge in [-0.25, -0.2) is 4.57 Å². The SMILES string of the molecule is CCCCc1ccncc1NC(=O)COP(=O)(Oc1sccc1C)C(C)(C)C.Cc1ccsc1OP(=O)([O-])C(C)(C)C.[K+]. The summed E-state index contributed by atoms with van der Waals surface area (Å²) in [4.78, 5) is 28.2. The predicted octanol–water partition coefficient (Wildman–Crippen LogP) is 5.61. The Morgan fingerprint density at radius 3 is 1.98 bits per heavy atom. The molecule has 0 aromatic carbocycles. The second-order valence-corrected chi connectivity index (χ2v) is 18.8. The number of amides is 1. The molecule has 0 aliphatic heterocycles. The van der Waals surface area contributed by atoms with E-state index >= 15 is 0 Å². The third-order valence-electron chi connectivity index (χ3n) is 6.03. The molecule has 0 fully saturated rings. The van der Waals surface area contributed by atoms with Gasteiger partial charge in [-0.1, -0.05) is 34.1 Å². The Labute approximate surface area is 307 Å². The first-order valence-electron chi connectivity index (χ1n) is 13.7. The molecule has 9 nitrogen and oxygen atoms in total. The topological polar surface area (TPSA) is 127 Å². The van der Waals surface area contributed by atoms with Crippen LogP contribution in [0.4, 0.5) is 5.69 Å². The Bertz CT molecular complexity index is 1410. The van der Waals surface area contributed by atoms with Crippen molar-refractivity contribution in [3.63, 3.8) is 0 Å². The van der Waals surface area contributed by atoms with Crippen molar-refractivity contribution in [3.8, 4) is 10.1 Å². The largest absolute Gasteiger partial charge is 1.00 e. The number of pyridine rings is 1. The second kappa shape index (κ2) is 17.5. The van der Waals surface area contributed by atoms with Crippen molar-refractivity contribution in [2.24, 2.45) is 0 Å². The van der Waals surface area contributed by atoms with E-state index in [9.17, 15) is 18.8 Å². The van der Waals surface area contributed by atoms with Crippen LogP contribution in [0.25, 0.3) is 0 Å². The summed E-state index contributed by atoms with van der Waals surface area (Å²) in [7, 11) is -7.40. The van der Waals surface area contributed by atoms with Gasteiger partial charge in [-0.15, -0.1) is 22.7 Å². The molecule has 3 rings (SSSR count). The summed E-state index contributed by atoms with van der Waals surface area (Å²) in [6.07, 6.45) is 6.28. The molecule has 0 saturated heterocycles. The van der Waals surface area contributed by atoms with E-state index in [-0.39, 0.29) is 63.9 Å². The van der Waals surface area contributed by atoms with E-state index < -0.39 is 25.5 Å². The quantitative estimate of drug-likeness (QED) is 0.203. The van der Waals surface area contributed by atoms with E-state index in [1.165, 1.54) is 22.7 Å². The van der Waals surface area contributed by atoms with Gasteiger partial charge >= 0.3 is 59.0 Å². The standard InChI is InChI=1S/C20H29N2O4PS.C9H15O3PS.K/c1-6-7-8-16-9-11-21-13-17(16)22-18(23)14-25-27(24,20(3,4)5)26-19-15(2)10-12-28-19;1-7-5-6-14-8(7)12-13(10,11)9(2,3)4;/h9-13H,6-8,14H2,1-5H3,(H,22,23);5-6H,1-4H3,(H,10,11);/q;;+1/p-1. The van der Waals surface area contributed by atoms with Gasteiger partial charge in [0.25, 0.3) is 5.91 Å². The Balaban J connectivity index is 0.000000519. The molecule has 3 aromatic heterocycles. The van der Waals surface area contributed by atoms with Crippen molar-refractivity contribution in [1.82, 2.24) is 4.98 Å². The molecule has 0 aliphatic rings. The van der Waals surface area contributed by atoms with Crippen LogP contribution in [0.1, 0.15) is 78.0 Å². The van der Waals surface area contributed by atoms with Gasteiger partial charge in [0.05, 0.1) is 17.0 Å². The number of carbonyl (C=O) groups is 1. The third-order valence-corrected chi connectivity index (χ3v) is 12.7. The monoisotopic (exact) mass is 696 g/mol. The summed E-state index contributed by atoms with van der Waals surface area (Å²) in [5.74, 6) is -0.387. The number of anilines is 1. The molecular weight excluding hydrogens is 654 g/mol. The van der Waals surface area contributed by atoms with E-state index in [2.05, 4.69) is 17.2 Å². The van der Waals surface area contributed by atoms with Crippen molar-refractivity contribution in [2.45, 2.75) is 91.9 Å². The fourth-order valence-corrected chi connectivity index (χ4v) is 7.30. The maximum atomic E-state index is 13.4. The van der Waals surface area contributed by atoms with Crippen LogP contribution in [0.5, 0.6) is 10.1 Å². The molecule has 0 bridgehead atoms. The summed E-state index contributed by atoms with van der Waals surface area (Å²) in [6.45, 7) is 15.7. The average Bonchev–Trinajstić information content (AvgIpc) is 3.48. The van der Waals surface area contributed by atoms with Crippen molar-refractivity contribution >= 4 is 49.5 Å². The number of thiophene rings is 2. The fraction of sp³-hybridized carbons (Fsp3) is 0.517. The van der Waals surface area contributed by atoms with Gasteiger partial charge < -0.3 is 19.3 Å². The number of nitrogens with one attached hydrogen (secondary N) is 1. The smallest absolute Gasteiger partial charge is 0.769 e. The molecule has 1 N–H and O–H groups in total. The van der Waals surface area contributed by atoms with Gasteiger partial charge in [0.15, 0.2) is 17.7 Å². The first-order chi connectivity index (χ1) is 19.4. The minimum atomic E-state index is -3.83. The van der Waals surface area contributed by atoms with Crippen molar-refractivity contribution in [2.75, 3.05) is 11.9 Å². The first kappa shape index (κ1) is 40.7. The zero-order valence-electron chi connectivity index (χ0n) is 26.9. The number of aryl methyl sites for hydroxylation is 3. The number of unbranched alkanes of at least 4 members (excludes halogenated alkanes) is 1. The normalized spacial score (nSPS) is 14.3. The number of aromatic nitrogens is 1. The van der Waals surface area contributed by atoms with Crippen LogP contribution >= 0.6 is 37.9 Å². The van der Waals surface area contributed by atoms with Crippen LogP contribution in [0.2, 0.25) is 0 Å². The van der Waals surface area contributed by atoms with Gasteiger partial charge in [-0.05, 0) is 82.0 Å². The molecule has 43 heavy (non-hydrogen) atoms. The predicted molar refractivity (Wildman–Crippen MR) is 172 cm³/mol. The van der Waals surface area contributed by atoms with Crippen LogP contribution in [0, 0.1) is 13.8 Å². The summed E-state index contributed by atoms with van der Waals surface area (Å²) in [5, 5.41) is 5.88. The van der Waals surface area contributed by atoms with E-state index in [0.717, 1.165) is 36.0 Å². The third kappa shape index (κ3) is 12.4. The van der Waals surface area contributed by atoms with Gasteiger partial charge in [0.2, 0.25) is 0 Å². The number of rotatable bonds is 11. The number of hydrogen-bond acceptors (Lipinski definition) is 10. The molecule has 2 atom stereocenters.